The first-order valence-corrected chi connectivity index (χ1v) is 11.3. The molecule has 0 saturated carbocycles. The normalized spacial score (nSPS) is 17.9. The number of hydrogen-bond donors (Lipinski definition) is 1. The van der Waals surface area contributed by atoms with E-state index in [1.54, 1.807) is 6.20 Å². The van der Waals surface area contributed by atoms with Crippen molar-refractivity contribution in [3.05, 3.63) is 35.0 Å². The maximum Gasteiger partial charge on any atom is 0.223 e. The van der Waals surface area contributed by atoms with E-state index >= 15 is 0 Å². The summed E-state index contributed by atoms with van der Waals surface area (Å²) >= 11 is 6.21. The Kier molecular flexibility index (Phi) is 6.71. The van der Waals surface area contributed by atoms with Crippen LogP contribution in [-0.4, -0.2) is 55.1 Å². The van der Waals surface area contributed by atoms with Gasteiger partial charge in [0, 0.05) is 42.2 Å². The molecule has 158 valence electrons. The molecule has 1 aromatic carbocycles. The Morgan fingerprint density at radius 2 is 2.00 bits per heavy atom. The van der Waals surface area contributed by atoms with Crippen LogP contribution in [0.3, 0.4) is 0 Å². The number of benzene rings is 1. The van der Waals surface area contributed by atoms with Gasteiger partial charge in [-0.1, -0.05) is 11.6 Å². The average Bonchev–Trinajstić information content (AvgIpc) is 3.29. The van der Waals surface area contributed by atoms with Gasteiger partial charge in [-0.3, -0.25) is 9.78 Å². The minimum atomic E-state index is 0.0373. The van der Waals surface area contributed by atoms with Crippen molar-refractivity contribution in [3.8, 4) is 6.07 Å². The molecule has 0 atom stereocenters. The van der Waals surface area contributed by atoms with Gasteiger partial charge in [0.15, 0.2) is 0 Å². The Morgan fingerprint density at radius 1 is 1.23 bits per heavy atom. The lowest BCUT2D eigenvalue weighted by Crippen LogP contribution is -2.41. The summed E-state index contributed by atoms with van der Waals surface area (Å²) in [7, 11) is 0. The van der Waals surface area contributed by atoms with Crippen LogP contribution in [0.5, 0.6) is 0 Å². The van der Waals surface area contributed by atoms with E-state index in [1.165, 1.54) is 25.9 Å². The summed E-state index contributed by atoms with van der Waals surface area (Å²) in [5, 5.41) is 14.2. The number of anilines is 1. The molecule has 0 radical (unpaired) electrons. The molecule has 0 unspecified atom stereocenters. The summed E-state index contributed by atoms with van der Waals surface area (Å²) in [5.41, 5.74) is 2.26. The number of pyridine rings is 1. The summed E-state index contributed by atoms with van der Waals surface area (Å²) < 4.78 is 0. The molecule has 7 heteroatoms. The number of nitrogens with one attached hydrogen (secondary N) is 1. The van der Waals surface area contributed by atoms with Crippen molar-refractivity contribution in [2.24, 2.45) is 5.92 Å². The lowest BCUT2D eigenvalue weighted by Gasteiger charge is -2.34. The number of fused-ring (bicyclic) bond motifs is 1. The molecule has 1 N–H and O–H groups in total. The van der Waals surface area contributed by atoms with Crippen LogP contribution in [0, 0.1) is 17.2 Å². The number of likely N-dealkylation sites (tertiary alicyclic amines) is 1. The first-order chi connectivity index (χ1) is 14.7. The van der Waals surface area contributed by atoms with Gasteiger partial charge >= 0.3 is 0 Å². The molecule has 1 amide bonds. The largest absolute Gasteiger partial charge is 0.370 e. The molecular formula is C23H28ClN5O. The van der Waals surface area contributed by atoms with Gasteiger partial charge in [0.1, 0.15) is 6.07 Å². The van der Waals surface area contributed by atoms with Crippen LogP contribution in [-0.2, 0) is 4.79 Å². The van der Waals surface area contributed by atoms with Gasteiger partial charge in [-0.2, -0.15) is 5.26 Å². The van der Waals surface area contributed by atoms with Gasteiger partial charge in [-0.25, -0.2) is 0 Å². The van der Waals surface area contributed by atoms with Gasteiger partial charge in [-0.15, -0.1) is 0 Å². The summed E-state index contributed by atoms with van der Waals surface area (Å²) in [6, 6.07) is 7.83. The zero-order valence-electron chi connectivity index (χ0n) is 17.2. The minimum absolute atomic E-state index is 0.0373. The molecule has 0 aliphatic carbocycles. The molecule has 4 rings (SSSR count). The topological polar surface area (TPSA) is 72.3 Å². The summed E-state index contributed by atoms with van der Waals surface area (Å²) in [6.07, 6.45) is 6.82. The molecule has 2 fully saturated rings. The Labute approximate surface area is 182 Å². The fourth-order valence-electron chi connectivity index (χ4n) is 4.60. The van der Waals surface area contributed by atoms with Crippen molar-refractivity contribution in [2.75, 3.05) is 44.2 Å². The first-order valence-electron chi connectivity index (χ1n) is 10.9. The van der Waals surface area contributed by atoms with Crippen molar-refractivity contribution < 1.29 is 4.79 Å². The Balaban J connectivity index is 1.34. The van der Waals surface area contributed by atoms with Crippen molar-refractivity contribution in [1.29, 1.82) is 5.26 Å². The van der Waals surface area contributed by atoms with Crippen LogP contribution in [0.1, 0.15) is 37.7 Å². The van der Waals surface area contributed by atoms with E-state index in [9.17, 15) is 10.1 Å². The van der Waals surface area contributed by atoms with Crippen LogP contribution in [0.15, 0.2) is 24.4 Å². The van der Waals surface area contributed by atoms with E-state index in [2.05, 4.69) is 26.2 Å². The maximum atomic E-state index is 12.6. The highest BCUT2D eigenvalue weighted by molar-refractivity contribution is 6.31. The summed E-state index contributed by atoms with van der Waals surface area (Å²) in [4.78, 5) is 21.7. The molecule has 6 nitrogen and oxygen atoms in total. The maximum absolute atomic E-state index is 12.6. The molecule has 2 saturated heterocycles. The second-order valence-corrected chi connectivity index (χ2v) is 8.68. The summed E-state index contributed by atoms with van der Waals surface area (Å²) in [6.45, 7) is 5.71. The Morgan fingerprint density at radius 3 is 2.73 bits per heavy atom. The fourth-order valence-corrected chi connectivity index (χ4v) is 4.78. The average molecular weight is 426 g/mol. The van der Waals surface area contributed by atoms with Gasteiger partial charge in [0.2, 0.25) is 5.91 Å². The third-order valence-corrected chi connectivity index (χ3v) is 6.49. The predicted molar refractivity (Wildman–Crippen MR) is 120 cm³/mol. The number of nitriles is 1. The number of piperidine rings is 1. The highest BCUT2D eigenvalue weighted by Crippen LogP contribution is 2.33. The Bertz CT molecular complexity index is 942. The van der Waals surface area contributed by atoms with E-state index in [-0.39, 0.29) is 11.8 Å². The Hall–Kier alpha value is -2.36. The van der Waals surface area contributed by atoms with Crippen molar-refractivity contribution >= 4 is 34.1 Å². The molecule has 2 aromatic rings. The van der Waals surface area contributed by atoms with Crippen molar-refractivity contribution in [2.45, 2.75) is 32.1 Å². The van der Waals surface area contributed by atoms with E-state index in [4.69, 9.17) is 11.6 Å². The lowest BCUT2D eigenvalue weighted by molar-refractivity contribution is -0.125. The monoisotopic (exact) mass is 425 g/mol. The van der Waals surface area contributed by atoms with Gasteiger partial charge in [-0.05, 0) is 69.9 Å². The molecular weight excluding hydrogens is 398 g/mol. The second kappa shape index (κ2) is 9.63. The SMILES string of the molecule is N#Cc1cnc2ccc(Cl)cc2c1N1CCC(C(=O)NCCCN2CCCC2)CC1. The highest BCUT2D eigenvalue weighted by Gasteiger charge is 2.27. The number of aromatic nitrogens is 1. The first kappa shape index (κ1) is 20.9. The summed E-state index contributed by atoms with van der Waals surface area (Å²) in [5.74, 6) is 0.203. The third kappa shape index (κ3) is 4.69. The smallest absolute Gasteiger partial charge is 0.223 e. The fraction of sp³-hybridized carbons (Fsp3) is 0.522. The molecule has 1 aromatic heterocycles. The quantitative estimate of drug-likeness (QED) is 0.716. The number of carbonyl (C=O) groups excluding carboxylic acids is 1. The number of carbonyl (C=O) groups is 1. The highest BCUT2D eigenvalue weighted by atomic mass is 35.5. The second-order valence-electron chi connectivity index (χ2n) is 8.25. The van der Waals surface area contributed by atoms with E-state index < -0.39 is 0 Å². The molecule has 0 spiro atoms. The van der Waals surface area contributed by atoms with Crippen LogP contribution in [0.25, 0.3) is 10.9 Å². The van der Waals surface area contributed by atoms with Gasteiger partial charge in [0.25, 0.3) is 0 Å². The van der Waals surface area contributed by atoms with Gasteiger partial charge in [0.05, 0.1) is 16.8 Å². The standard InChI is InChI=1S/C23H28ClN5O/c24-19-4-5-21-20(14-19)22(18(15-25)16-27-21)29-12-6-17(7-13-29)23(30)26-8-3-11-28-9-1-2-10-28/h4-5,14,16-17H,1-3,6-13H2,(H,26,30). The molecule has 30 heavy (non-hydrogen) atoms. The third-order valence-electron chi connectivity index (χ3n) is 6.25. The lowest BCUT2D eigenvalue weighted by atomic mass is 9.94. The van der Waals surface area contributed by atoms with Crippen LogP contribution in [0.4, 0.5) is 5.69 Å². The van der Waals surface area contributed by atoms with Crippen molar-refractivity contribution in [3.63, 3.8) is 0 Å². The van der Waals surface area contributed by atoms with Crippen LogP contribution in [0.2, 0.25) is 5.02 Å². The van der Waals surface area contributed by atoms with Gasteiger partial charge < -0.3 is 15.1 Å². The number of hydrogen-bond acceptors (Lipinski definition) is 5. The van der Waals surface area contributed by atoms with Crippen molar-refractivity contribution in [1.82, 2.24) is 15.2 Å². The zero-order valence-corrected chi connectivity index (χ0v) is 18.0. The number of rotatable bonds is 6. The van der Waals surface area contributed by atoms with E-state index in [0.29, 0.717) is 10.6 Å². The number of nitrogens with zero attached hydrogens (tertiary/aromatic N) is 4. The number of halogens is 1. The van der Waals surface area contributed by atoms with Crippen LogP contribution < -0.4 is 10.2 Å². The molecule has 2 aliphatic rings. The minimum Gasteiger partial charge on any atom is -0.370 e. The van der Waals surface area contributed by atoms with Crippen LogP contribution >= 0.6 is 11.6 Å². The number of amides is 1. The zero-order chi connectivity index (χ0) is 20.9. The van der Waals surface area contributed by atoms with E-state index in [0.717, 1.165) is 62.0 Å². The molecule has 3 heterocycles. The predicted octanol–water partition coefficient (Wildman–Crippen LogP) is 3.58. The molecule has 0 bridgehead atoms. The van der Waals surface area contributed by atoms with E-state index in [1.807, 2.05) is 18.2 Å². The molecule has 2 aliphatic heterocycles.